The predicted octanol–water partition coefficient (Wildman–Crippen LogP) is 2.82. The van der Waals surface area contributed by atoms with E-state index in [4.69, 9.17) is 5.73 Å². The lowest BCUT2D eigenvalue weighted by Gasteiger charge is -2.13. The molecule has 1 fully saturated rings. The molecule has 0 bridgehead atoms. The van der Waals surface area contributed by atoms with Crippen molar-refractivity contribution in [2.45, 2.75) is 46.1 Å². The number of nitrogen functional groups attached to an aromatic ring is 1. The maximum absolute atomic E-state index is 5.98. The van der Waals surface area contributed by atoms with Gasteiger partial charge in [0.25, 0.3) is 0 Å². The first-order chi connectivity index (χ1) is 8.68. The fraction of sp³-hybridized carbons (Fsp3) is 0.571. The van der Waals surface area contributed by atoms with Crippen LogP contribution in [0.5, 0.6) is 0 Å². The first kappa shape index (κ1) is 11.5. The molecule has 1 saturated carbocycles. The van der Waals surface area contributed by atoms with Gasteiger partial charge >= 0.3 is 0 Å². The van der Waals surface area contributed by atoms with Gasteiger partial charge in [-0.1, -0.05) is 12.8 Å². The molecule has 2 N–H and O–H groups in total. The molecule has 18 heavy (non-hydrogen) atoms. The standard InChI is InChI=1S/C14H20N4/c1-9-10(2)18(7-11-5-3-4-6-11)14-12(9)13(15)16-8-17-14/h8,11H,3-7H2,1-2H3,(H2,15,16,17). The minimum absolute atomic E-state index is 0.603. The third-order valence-corrected chi connectivity index (χ3v) is 4.35. The van der Waals surface area contributed by atoms with E-state index in [0.717, 1.165) is 23.5 Å². The minimum atomic E-state index is 0.603. The van der Waals surface area contributed by atoms with Gasteiger partial charge in [0.2, 0.25) is 0 Å². The lowest BCUT2D eigenvalue weighted by Crippen LogP contribution is -2.09. The van der Waals surface area contributed by atoms with Crippen molar-refractivity contribution in [3.05, 3.63) is 17.6 Å². The Morgan fingerprint density at radius 1 is 1.28 bits per heavy atom. The van der Waals surface area contributed by atoms with Crippen LogP contribution in [0.1, 0.15) is 36.9 Å². The maximum Gasteiger partial charge on any atom is 0.145 e. The van der Waals surface area contributed by atoms with Crippen molar-refractivity contribution in [2.75, 3.05) is 5.73 Å². The van der Waals surface area contributed by atoms with Crippen molar-refractivity contribution in [1.82, 2.24) is 14.5 Å². The molecule has 4 heteroatoms. The number of rotatable bonds is 2. The van der Waals surface area contributed by atoms with E-state index in [2.05, 4.69) is 28.4 Å². The summed E-state index contributed by atoms with van der Waals surface area (Å²) in [6.07, 6.45) is 7.01. The number of anilines is 1. The molecule has 1 aliphatic rings. The molecular formula is C14H20N4. The molecule has 0 aliphatic heterocycles. The van der Waals surface area contributed by atoms with Gasteiger partial charge in [0, 0.05) is 12.2 Å². The number of nitrogens with zero attached hydrogens (tertiary/aromatic N) is 3. The Morgan fingerprint density at radius 2 is 2.00 bits per heavy atom. The Kier molecular flexibility index (Phi) is 2.73. The van der Waals surface area contributed by atoms with E-state index in [1.54, 1.807) is 6.33 Å². The highest BCUT2D eigenvalue weighted by Gasteiger charge is 2.20. The zero-order valence-electron chi connectivity index (χ0n) is 11.1. The Hall–Kier alpha value is -1.58. The molecule has 0 atom stereocenters. The molecule has 96 valence electrons. The van der Waals surface area contributed by atoms with Crippen LogP contribution in [0.15, 0.2) is 6.33 Å². The lowest BCUT2D eigenvalue weighted by atomic mass is 10.1. The Morgan fingerprint density at radius 3 is 2.72 bits per heavy atom. The van der Waals surface area contributed by atoms with Crippen LogP contribution >= 0.6 is 0 Å². The summed E-state index contributed by atoms with van der Waals surface area (Å²) >= 11 is 0. The van der Waals surface area contributed by atoms with Crippen molar-refractivity contribution in [3.8, 4) is 0 Å². The smallest absolute Gasteiger partial charge is 0.145 e. The summed E-state index contributed by atoms with van der Waals surface area (Å²) in [6.45, 7) is 5.35. The second-order valence-electron chi connectivity index (χ2n) is 5.43. The molecule has 0 saturated heterocycles. The Labute approximate surface area is 107 Å². The van der Waals surface area contributed by atoms with Crippen LogP contribution in [0.2, 0.25) is 0 Å². The van der Waals surface area contributed by atoms with Crippen LogP contribution < -0.4 is 5.73 Å². The second-order valence-corrected chi connectivity index (χ2v) is 5.43. The highest BCUT2D eigenvalue weighted by molar-refractivity contribution is 5.90. The topological polar surface area (TPSA) is 56.7 Å². The summed E-state index contributed by atoms with van der Waals surface area (Å²) in [4.78, 5) is 8.55. The summed E-state index contributed by atoms with van der Waals surface area (Å²) in [5, 5.41) is 1.04. The third-order valence-electron chi connectivity index (χ3n) is 4.35. The average molecular weight is 244 g/mol. The number of hydrogen-bond donors (Lipinski definition) is 1. The predicted molar refractivity (Wildman–Crippen MR) is 73.4 cm³/mol. The quantitative estimate of drug-likeness (QED) is 0.883. The van der Waals surface area contributed by atoms with Crippen LogP contribution in [0.4, 0.5) is 5.82 Å². The van der Waals surface area contributed by atoms with Gasteiger partial charge in [-0.05, 0) is 38.2 Å². The molecule has 0 radical (unpaired) electrons. The molecule has 2 heterocycles. The van der Waals surface area contributed by atoms with Crippen LogP contribution in [-0.2, 0) is 6.54 Å². The highest BCUT2D eigenvalue weighted by Crippen LogP contribution is 2.31. The van der Waals surface area contributed by atoms with E-state index in [-0.39, 0.29) is 0 Å². The highest BCUT2D eigenvalue weighted by atomic mass is 15.1. The second kappa shape index (κ2) is 4.26. The van der Waals surface area contributed by atoms with E-state index in [0.29, 0.717) is 5.82 Å². The lowest BCUT2D eigenvalue weighted by molar-refractivity contribution is 0.459. The number of aromatic nitrogens is 3. The normalized spacial score (nSPS) is 16.8. The summed E-state index contributed by atoms with van der Waals surface area (Å²) in [6, 6.07) is 0. The molecule has 0 spiro atoms. The van der Waals surface area contributed by atoms with Gasteiger partial charge < -0.3 is 10.3 Å². The summed E-state index contributed by atoms with van der Waals surface area (Å²) in [5.41, 5.74) is 9.49. The van der Waals surface area contributed by atoms with Gasteiger partial charge in [0.05, 0.1) is 5.39 Å². The maximum atomic E-state index is 5.98. The fourth-order valence-electron chi connectivity index (χ4n) is 3.17. The number of hydrogen-bond acceptors (Lipinski definition) is 3. The van der Waals surface area contributed by atoms with Crippen LogP contribution in [0.3, 0.4) is 0 Å². The molecule has 0 aromatic carbocycles. The van der Waals surface area contributed by atoms with Crippen LogP contribution in [0, 0.1) is 19.8 Å². The molecule has 0 amide bonds. The van der Waals surface area contributed by atoms with Crippen LogP contribution in [0.25, 0.3) is 11.0 Å². The van der Waals surface area contributed by atoms with Gasteiger partial charge in [-0.15, -0.1) is 0 Å². The average Bonchev–Trinajstić information content (AvgIpc) is 2.94. The SMILES string of the molecule is Cc1c(C)n(CC2CCCC2)c2ncnc(N)c12. The van der Waals surface area contributed by atoms with Gasteiger partial charge in [-0.25, -0.2) is 9.97 Å². The molecule has 0 unspecified atom stereocenters. The largest absolute Gasteiger partial charge is 0.383 e. The zero-order chi connectivity index (χ0) is 12.7. The molecular weight excluding hydrogens is 224 g/mol. The van der Waals surface area contributed by atoms with Crippen molar-refractivity contribution in [2.24, 2.45) is 5.92 Å². The van der Waals surface area contributed by atoms with Gasteiger partial charge in [0.1, 0.15) is 17.8 Å². The van der Waals surface area contributed by atoms with E-state index >= 15 is 0 Å². The molecule has 1 aliphatic carbocycles. The van der Waals surface area contributed by atoms with Gasteiger partial charge in [-0.2, -0.15) is 0 Å². The zero-order valence-corrected chi connectivity index (χ0v) is 11.1. The van der Waals surface area contributed by atoms with Crippen LogP contribution in [-0.4, -0.2) is 14.5 Å². The molecule has 4 nitrogen and oxygen atoms in total. The molecule has 2 aromatic heterocycles. The van der Waals surface area contributed by atoms with Crippen molar-refractivity contribution in [1.29, 1.82) is 0 Å². The van der Waals surface area contributed by atoms with E-state index < -0.39 is 0 Å². The first-order valence-electron chi connectivity index (χ1n) is 6.74. The van der Waals surface area contributed by atoms with Crippen molar-refractivity contribution in [3.63, 3.8) is 0 Å². The summed E-state index contributed by atoms with van der Waals surface area (Å²) in [5.74, 6) is 1.40. The van der Waals surface area contributed by atoms with Crippen molar-refractivity contribution >= 4 is 16.9 Å². The molecule has 2 aromatic rings. The monoisotopic (exact) mass is 244 g/mol. The Bertz CT molecular complexity index is 579. The fourth-order valence-corrected chi connectivity index (χ4v) is 3.17. The van der Waals surface area contributed by atoms with Gasteiger partial charge in [0.15, 0.2) is 0 Å². The van der Waals surface area contributed by atoms with E-state index in [9.17, 15) is 0 Å². The van der Waals surface area contributed by atoms with Gasteiger partial charge in [-0.3, -0.25) is 0 Å². The minimum Gasteiger partial charge on any atom is -0.383 e. The van der Waals surface area contributed by atoms with E-state index in [1.165, 1.54) is 36.9 Å². The summed E-state index contributed by atoms with van der Waals surface area (Å²) in [7, 11) is 0. The molecule has 3 rings (SSSR count). The van der Waals surface area contributed by atoms with Crippen molar-refractivity contribution < 1.29 is 0 Å². The number of aryl methyl sites for hydroxylation is 1. The Balaban J connectivity index is 2.10. The number of nitrogens with two attached hydrogens (primary N) is 1. The van der Waals surface area contributed by atoms with E-state index in [1.807, 2.05) is 0 Å². The number of fused-ring (bicyclic) bond motifs is 1. The third kappa shape index (κ3) is 1.67. The first-order valence-corrected chi connectivity index (χ1v) is 6.74. The summed E-state index contributed by atoms with van der Waals surface area (Å²) < 4.78 is 2.33.